The molecule has 0 aliphatic carbocycles. The molecule has 0 rings (SSSR count). The van der Waals surface area contributed by atoms with E-state index in [1.54, 1.807) is 0 Å². The molecular formula is C15H33N3O2. The van der Waals surface area contributed by atoms with Crippen molar-refractivity contribution in [2.24, 2.45) is 11.7 Å². The molecule has 0 spiro atoms. The number of likely N-dealkylation sites (N-methyl/N-ethyl adjacent to an activating group) is 1. The average molecular weight is 287 g/mol. The van der Waals surface area contributed by atoms with Gasteiger partial charge in [-0.05, 0) is 40.2 Å². The summed E-state index contributed by atoms with van der Waals surface area (Å²) in [4.78, 5) is 14.1. The van der Waals surface area contributed by atoms with Gasteiger partial charge in [0, 0.05) is 25.2 Å². The third-order valence-electron chi connectivity index (χ3n) is 3.04. The molecule has 0 heterocycles. The summed E-state index contributed by atoms with van der Waals surface area (Å²) in [6.07, 6.45) is -0.385. The minimum absolute atomic E-state index is 0.0476. The molecule has 0 fully saturated rings. The first-order chi connectivity index (χ1) is 9.10. The van der Waals surface area contributed by atoms with Gasteiger partial charge in [0.25, 0.3) is 0 Å². The Kier molecular flexibility index (Phi) is 8.13. The highest BCUT2D eigenvalue weighted by molar-refractivity contribution is 5.68. The fourth-order valence-corrected chi connectivity index (χ4v) is 2.23. The molecule has 20 heavy (non-hydrogen) atoms. The summed E-state index contributed by atoms with van der Waals surface area (Å²) in [6, 6.07) is 0.0727. The topological polar surface area (TPSA) is 67.6 Å². The van der Waals surface area contributed by atoms with Crippen molar-refractivity contribution in [1.29, 1.82) is 0 Å². The molecule has 1 amide bonds. The molecule has 5 heteroatoms. The molecule has 0 aliphatic rings. The fraction of sp³-hybridized carbons (Fsp3) is 0.933. The summed E-state index contributed by atoms with van der Waals surface area (Å²) < 4.78 is 5.29. The number of rotatable bonds is 7. The van der Waals surface area contributed by atoms with Crippen LogP contribution in [0.2, 0.25) is 0 Å². The molecular weight excluding hydrogens is 254 g/mol. The maximum absolute atomic E-state index is 11.8. The van der Waals surface area contributed by atoms with E-state index in [-0.39, 0.29) is 18.2 Å². The number of alkyl carbamates (subject to hydrolysis) is 1. The molecule has 0 saturated heterocycles. The summed E-state index contributed by atoms with van der Waals surface area (Å²) in [7, 11) is 0. The van der Waals surface area contributed by atoms with Crippen molar-refractivity contribution in [1.82, 2.24) is 10.2 Å². The Hall–Kier alpha value is -0.810. The van der Waals surface area contributed by atoms with E-state index < -0.39 is 5.60 Å². The standard InChI is InChI=1S/C15H33N3O2/c1-8-18(10-11(2)3)13(9-16)12(4)17-14(19)20-15(5,6)7/h11-13H,8-10,16H2,1-7H3,(H,17,19). The van der Waals surface area contributed by atoms with E-state index in [9.17, 15) is 4.79 Å². The van der Waals surface area contributed by atoms with Crippen LogP contribution in [0.3, 0.4) is 0 Å². The van der Waals surface area contributed by atoms with E-state index in [4.69, 9.17) is 10.5 Å². The van der Waals surface area contributed by atoms with Gasteiger partial charge in [0.2, 0.25) is 0 Å². The van der Waals surface area contributed by atoms with Crippen LogP contribution in [-0.4, -0.2) is 48.3 Å². The Morgan fingerprint density at radius 2 is 1.85 bits per heavy atom. The van der Waals surface area contributed by atoms with Gasteiger partial charge in [-0.2, -0.15) is 0 Å². The van der Waals surface area contributed by atoms with Crippen LogP contribution in [0.1, 0.15) is 48.5 Å². The van der Waals surface area contributed by atoms with Gasteiger partial charge in [0.05, 0.1) is 0 Å². The second-order valence-electron chi connectivity index (χ2n) is 6.72. The lowest BCUT2D eigenvalue weighted by Crippen LogP contribution is -2.55. The zero-order valence-corrected chi connectivity index (χ0v) is 14.2. The first kappa shape index (κ1) is 19.2. The van der Waals surface area contributed by atoms with E-state index in [2.05, 4.69) is 31.0 Å². The number of carbonyl (C=O) groups is 1. The lowest BCUT2D eigenvalue weighted by atomic mass is 10.1. The third-order valence-corrected chi connectivity index (χ3v) is 3.04. The van der Waals surface area contributed by atoms with Crippen molar-refractivity contribution in [2.75, 3.05) is 19.6 Å². The van der Waals surface area contributed by atoms with Gasteiger partial charge >= 0.3 is 6.09 Å². The van der Waals surface area contributed by atoms with Crippen LogP contribution < -0.4 is 11.1 Å². The van der Waals surface area contributed by atoms with Crippen LogP contribution in [0.5, 0.6) is 0 Å². The number of amides is 1. The van der Waals surface area contributed by atoms with Gasteiger partial charge in [0.15, 0.2) is 0 Å². The zero-order valence-electron chi connectivity index (χ0n) is 14.2. The monoisotopic (exact) mass is 287 g/mol. The number of ether oxygens (including phenoxy) is 1. The number of hydrogen-bond donors (Lipinski definition) is 2. The zero-order chi connectivity index (χ0) is 15.9. The van der Waals surface area contributed by atoms with Crippen molar-refractivity contribution >= 4 is 6.09 Å². The molecule has 5 nitrogen and oxygen atoms in total. The van der Waals surface area contributed by atoms with Gasteiger partial charge < -0.3 is 15.8 Å². The van der Waals surface area contributed by atoms with Crippen LogP contribution in [-0.2, 0) is 4.74 Å². The number of nitrogens with one attached hydrogen (secondary N) is 1. The van der Waals surface area contributed by atoms with Crippen molar-refractivity contribution < 1.29 is 9.53 Å². The van der Waals surface area contributed by atoms with E-state index in [0.29, 0.717) is 12.5 Å². The summed E-state index contributed by atoms with van der Waals surface area (Å²) in [5, 5.41) is 2.89. The van der Waals surface area contributed by atoms with Gasteiger partial charge in [0.1, 0.15) is 5.60 Å². The maximum Gasteiger partial charge on any atom is 0.407 e. The number of carbonyl (C=O) groups excluding carboxylic acids is 1. The third kappa shape index (κ3) is 7.70. The van der Waals surface area contributed by atoms with Crippen LogP contribution in [0.25, 0.3) is 0 Å². The Bertz CT molecular complexity index is 287. The van der Waals surface area contributed by atoms with Crippen LogP contribution in [0.4, 0.5) is 4.79 Å². The Morgan fingerprint density at radius 3 is 2.20 bits per heavy atom. The Labute approximate surface area is 124 Å². The lowest BCUT2D eigenvalue weighted by molar-refractivity contribution is 0.0467. The molecule has 0 aromatic rings. The molecule has 0 aromatic carbocycles. The molecule has 0 aromatic heterocycles. The number of nitrogens with two attached hydrogens (primary N) is 1. The number of nitrogens with zero attached hydrogens (tertiary/aromatic N) is 1. The SMILES string of the molecule is CCN(CC(C)C)C(CN)C(C)NC(=O)OC(C)(C)C. The second-order valence-corrected chi connectivity index (χ2v) is 6.72. The first-order valence-corrected chi connectivity index (χ1v) is 7.54. The van der Waals surface area contributed by atoms with Crippen molar-refractivity contribution in [3.8, 4) is 0 Å². The van der Waals surface area contributed by atoms with Crippen molar-refractivity contribution in [3.63, 3.8) is 0 Å². The molecule has 0 aliphatic heterocycles. The minimum atomic E-state index is -0.482. The molecule has 2 unspecified atom stereocenters. The van der Waals surface area contributed by atoms with E-state index in [0.717, 1.165) is 13.1 Å². The molecule has 0 bridgehead atoms. The first-order valence-electron chi connectivity index (χ1n) is 7.54. The highest BCUT2D eigenvalue weighted by Crippen LogP contribution is 2.10. The maximum atomic E-state index is 11.8. The lowest BCUT2D eigenvalue weighted by Gasteiger charge is -2.35. The quantitative estimate of drug-likeness (QED) is 0.753. The van der Waals surface area contributed by atoms with E-state index >= 15 is 0 Å². The summed E-state index contributed by atoms with van der Waals surface area (Å²) >= 11 is 0. The molecule has 0 radical (unpaired) electrons. The molecule has 3 N–H and O–H groups in total. The van der Waals surface area contributed by atoms with Crippen molar-refractivity contribution in [3.05, 3.63) is 0 Å². The average Bonchev–Trinajstić information content (AvgIpc) is 2.24. The van der Waals surface area contributed by atoms with Gasteiger partial charge in [-0.25, -0.2) is 4.79 Å². The minimum Gasteiger partial charge on any atom is -0.444 e. The smallest absolute Gasteiger partial charge is 0.407 e. The van der Waals surface area contributed by atoms with E-state index in [1.165, 1.54) is 0 Å². The summed E-state index contributed by atoms with van der Waals surface area (Å²) in [5.41, 5.74) is 5.41. The van der Waals surface area contributed by atoms with Gasteiger partial charge in [-0.3, -0.25) is 4.90 Å². The second kappa shape index (κ2) is 8.47. The molecule has 2 atom stereocenters. The summed E-state index contributed by atoms with van der Waals surface area (Å²) in [6.45, 7) is 16.4. The Balaban J connectivity index is 4.59. The fourth-order valence-electron chi connectivity index (χ4n) is 2.23. The molecule has 120 valence electrons. The Morgan fingerprint density at radius 1 is 1.30 bits per heavy atom. The van der Waals surface area contributed by atoms with Gasteiger partial charge in [-0.15, -0.1) is 0 Å². The highest BCUT2D eigenvalue weighted by Gasteiger charge is 2.26. The normalized spacial score (nSPS) is 15.3. The van der Waals surface area contributed by atoms with Gasteiger partial charge in [-0.1, -0.05) is 20.8 Å². The molecule has 0 saturated carbocycles. The van der Waals surface area contributed by atoms with E-state index in [1.807, 2.05) is 27.7 Å². The van der Waals surface area contributed by atoms with Crippen LogP contribution in [0.15, 0.2) is 0 Å². The number of hydrogen-bond acceptors (Lipinski definition) is 4. The van der Waals surface area contributed by atoms with Crippen LogP contribution >= 0.6 is 0 Å². The van der Waals surface area contributed by atoms with Crippen LogP contribution in [0, 0.1) is 5.92 Å². The largest absolute Gasteiger partial charge is 0.444 e. The summed E-state index contributed by atoms with van der Waals surface area (Å²) in [5.74, 6) is 0.567. The predicted molar refractivity (Wildman–Crippen MR) is 83.8 cm³/mol. The predicted octanol–water partition coefficient (Wildman–Crippen LogP) is 2.20. The highest BCUT2D eigenvalue weighted by atomic mass is 16.6. The van der Waals surface area contributed by atoms with Crippen molar-refractivity contribution in [2.45, 2.75) is 66.2 Å².